The summed E-state index contributed by atoms with van der Waals surface area (Å²) in [7, 11) is 2.91. The van der Waals surface area contributed by atoms with Crippen molar-refractivity contribution in [1.82, 2.24) is 4.90 Å². The molecular formula is C53H95NO6. The van der Waals surface area contributed by atoms with Gasteiger partial charge in [0.05, 0.1) is 26.9 Å². The molecule has 0 saturated carbocycles. The van der Waals surface area contributed by atoms with Gasteiger partial charge in [0, 0.05) is 32.2 Å². The molecule has 1 saturated heterocycles. The molecule has 0 aliphatic carbocycles. The third-order valence-corrected chi connectivity index (χ3v) is 11.8. The van der Waals surface area contributed by atoms with E-state index in [0.29, 0.717) is 19.4 Å². The summed E-state index contributed by atoms with van der Waals surface area (Å²) in [4.78, 5) is 25.8. The number of ether oxygens (including phenoxy) is 4. The number of allylic oxidation sites excluding steroid dienone is 8. The Kier molecular flexibility index (Phi) is 39.2. The molecule has 0 aromatic carbocycles. The lowest BCUT2D eigenvalue weighted by molar-refractivity contribution is -0.181. The van der Waals surface area contributed by atoms with Crippen molar-refractivity contribution in [1.29, 1.82) is 0 Å². The van der Waals surface area contributed by atoms with Crippen LogP contribution in [0.4, 0.5) is 0 Å². The first kappa shape index (κ1) is 55.8. The predicted molar refractivity (Wildman–Crippen MR) is 254 cm³/mol. The van der Waals surface area contributed by atoms with Crippen molar-refractivity contribution in [3.05, 3.63) is 48.6 Å². The fourth-order valence-electron chi connectivity index (χ4n) is 8.03. The van der Waals surface area contributed by atoms with Crippen molar-refractivity contribution in [3.63, 3.8) is 0 Å². The summed E-state index contributed by atoms with van der Waals surface area (Å²) in [6, 6.07) is 0. The summed E-state index contributed by atoms with van der Waals surface area (Å²) < 4.78 is 23.3. The van der Waals surface area contributed by atoms with Crippen LogP contribution in [0.3, 0.4) is 0 Å². The van der Waals surface area contributed by atoms with Gasteiger partial charge < -0.3 is 23.8 Å². The van der Waals surface area contributed by atoms with Crippen molar-refractivity contribution in [2.24, 2.45) is 0 Å². The number of carbonyl (C=O) groups is 2. The minimum Gasteiger partial charge on any atom is -0.469 e. The number of hydrogen-bond acceptors (Lipinski definition) is 7. The summed E-state index contributed by atoms with van der Waals surface area (Å²) in [6.07, 6.45) is 56.3. The quantitative estimate of drug-likeness (QED) is 0.0344. The Hall–Kier alpha value is -2.22. The van der Waals surface area contributed by atoms with Gasteiger partial charge in [0.25, 0.3) is 0 Å². The molecule has 0 aromatic heterocycles. The normalized spacial score (nSPS) is 15.5. The highest BCUT2D eigenvalue weighted by Crippen LogP contribution is 2.35. The topological polar surface area (TPSA) is 74.3 Å². The van der Waals surface area contributed by atoms with Crippen molar-refractivity contribution < 1.29 is 28.5 Å². The van der Waals surface area contributed by atoms with Gasteiger partial charge in [-0.1, -0.05) is 146 Å². The lowest BCUT2D eigenvalue weighted by Gasteiger charge is -2.30. The first-order valence-electron chi connectivity index (χ1n) is 25.3. The number of nitrogens with zero attached hydrogens (tertiary/aromatic N) is 1. The van der Waals surface area contributed by atoms with E-state index in [0.717, 1.165) is 90.3 Å². The Morgan fingerprint density at radius 1 is 0.517 bits per heavy atom. The maximum Gasteiger partial charge on any atom is 0.305 e. The summed E-state index contributed by atoms with van der Waals surface area (Å²) in [5, 5.41) is 0. The summed E-state index contributed by atoms with van der Waals surface area (Å²) >= 11 is 0. The Labute approximate surface area is 370 Å². The molecule has 0 spiro atoms. The van der Waals surface area contributed by atoms with Gasteiger partial charge in [-0.25, -0.2) is 0 Å². The highest BCUT2D eigenvalue weighted by atomic mass is 16.7. The second-order valence-corrected chi connectivity index (χ2v) is 17.4. The van der Waals surface area contributed by atoms with E-state index >= 15 is 0 Å². The fraction of sp³-hybridized carbons (Fsp3) is 0.811. The first-order valence-corrected chi connectivity index (χ1v) is 25.3. The second-order valence-electron chi connectivity index (χ2n) is 17.4. The first-order chi connectivity index (χ1) is 29.5. The summed E-state index contributed by atoms with van der Waals surface area (Å²) in [5.74, 6) is -0.747. The molecule has 0 radical (unpaired) electrons. The van der Waals surface area contributed by atoms with Crippen molar-refractivity contribution in [2.45, 2.75) is 238 Å². The molecule has 0 N–H and O–H groups in total. The third-order valence-electron chi connectivity index (χ3n) is 11.8. The van der Waals surface area contributed by atoms with Crippen LogP contribution in [-0.2, 0) is 28.5 Å². The van der Waals surface area contributed by atoms with Crippen molar-refractivity contribution in [3.8, 4) is 0 Å². The lowest BCUT2D eigenvalue weighted by Crippen LogP contribution is -2.37. The molecule has 7 nitrogen and oxygen atoms in total. The van der Waals surface area contributed by atoms with Gasteiger partial charge in [0.1, 0.15) is 0 Å². The van der Waals surface area contributed by atoms with E-state index in [2.05, 4.69) is 67.4 Å². The zero-order valence-electron chi connectivity index (χ0n) is 39.8. The van der Waals surface area contributed by atoms with Gasteiger partial charge in [0.15, 0.2) is 5.79 Å². The van der Waals surface area contributed by atoms with Crippen LogP contribution in [0.5, 0.6) is 0 Å². The number of rotatable bonds is 43. The minimum absolute atomic E-state index is 0.0508. The summed E-state index contributed by atoms with van der Waals surface area (Å²) in [6.45, 7) is 7.87. The molecule has 0 unspecified atom stereocenters. The molecule has 1 atom stereocenters. The monoisotopic (exact) mass is 842 g/mol. The van der Waals surface area contributed by atoms with Crippen LogP contribution in [0, 0.1) is 0 Å². The molecule has 1 heterocycles. The van der Waals surface area contributed by atoms with Gasteiger partial charge in [-0.15, -0.1) is 0 Å². The lowest BCUT2D eigenvalue weighted by atomic mass is 9.98. The molecule has 1 rings (SSSR count). The number of esters is 2. The Balaban J connectivity index is 2.57. The molecule has 1 aliphatic heterocycles. The molecule has 348 valence electrons. The van der Waals surface area contributed by atoms with Gasteiger partial charge in [-0.3, -0.25) is 9.59 Å². The minimum atomic E-state index is -0.466. The second kappa shape index (κ2) is 42.1. The Morgan fingerprint density at radius 3 is 1.35 bits per heavy atom. The zero-order valence-corrected chi connectivity index (χ0v) is 39.8. The van der Waals surface area contributed by atoms with Crippen LogP contribution >= 0.6 is 0 Å². The van der Waals surface area contributed by atoms with Crippen molar-refractivity contribution in [2.75, 3.05) is 40.5 Å². The molecular weight excluding hydrogens is 747 g/mol. The highest BCUT2D eigenvalue weighted by Gasteiger charge is 2.41. The van der Waals surface area contributed by atoms with E-state index in [1.54, 1.807) is 0 Å². The third kappa shape index (κ3) is 34.4. The Bertz CT molecular complexity index is 1050. The molecule has 0 bridgehead atoms. The van der Waals surface area contributed by atoms with E-state index in [-0.39, 0.29) is 18.0 Å². The molecule has 7 heteroatoms. The predicted octanol–water partition coefficient (Wildman–Crippen LogP) is 14.9. The number of unbranched alkanes of at least 4 members (excludes halogenated alkanes) is 21. The molecule has 0 aromatic rings. The average Bonchev–Trinajstić information content (AvgIpc) is 3.66. The molecule has 0 amide bonds. The van der Waals surface area contributed by atoms with Crippen LogP contribution in [0.2, 0.25) is 0 Å². The average molecular weight is 842 g/mol. The maximum absolute atomic E-state index is 11.7. The Morgan fingerprint density at radius 2 is 0.900 bits per heavy atom. The van der Waals surface area contributed by atoms with Crippen LogP contribution in [0.15, 0.2) is 48.6 Å². The smallest absolute Gasteiger partial charge is 0.305 e. The van der Waals surface area contributed by atoms with Crippen LogP contribution in [0.25, 0.3) is 0 Å². The number of hydrogen-bond donors (Lipinski definition) is 0. The van der Waals surface area contributed by atoms with Crippen molar-refractivity contribution >= 4 is 11.9 Å². The standard InChI is InChI=1S/C53H95NO6/c1-5-7-9-11-13-15-17-19-21-23-25-27-29-31-33-38-44-53(45-39-34-32-30-28-26-24-22-20-18-16-14-12-10-8-6-2)59-49-50(60-53)48-54(47-41-37-43-52(56)58-4)46-40-35-36-42-51(55)57-3/h13-16,19-22,50H,5-12,17-18,23-49H2,1-4H3/b15-13-,16-14-,21-19-,22-20-/t50-/m0/s1. The van der Waals surface area contributed by atoms with E-state index in [1.807, 2.05) is 0 Å². The van der Waals surface area contributed by atoms with Crippen LogP contribution in [-0.4, -0.2) is 69.2 Å². The molecule has 1 fully saturated rings. The van der Waals surface area contributed by atoms with Gasteiger partial charge >= 0.3 is 11.9 Å². The van der Waals surface area contributed by atoms with Gasteiger partial charge in [0.2, 0.25) is 0 Å². The van der Waals surface area contributed by atoms with E-state index in [9.17, 15) is 9.59 Å². The van der Waals surface area contributed by atoms with Gasteiger partial charge in [-0.2, -0.15) is 0 Å². The zero-order chi connectivity index (χ0) is 43.5. The van der Waals surface area contributed by atoms with Crippen LogP contribution in [0.1, 0.15) is 226 Å². The molecule has 60 heavy (non-hydrogen) atoms. The van der Waals surface area contributed by atoms with Crippen LogP contribution < -0.4 is 0 Å². The molecule has 1 aliphatic rings. The maximum atomic E-state index is 11.7. The van der Waals surface area contributed by atoms with Gasteiger partial charge in [-0.05, 0) is 116 Å². The van der Waals surface area contributed by atoms with E-state index in [1.165, 1.54) is 143 Å². The number of methoxy groups -OCH3 is 2. The summed E-state index contributed by atoms with van der Waals surface area (Å²) in [5.41, 5.74) is 0. The van der Waals surface area contributed by atoms with E-state index < -0.39 is 5.79 Å². The largest absolute Gasteiger partial charge is 0.469 e. The SMILES string of the molecule is CCCCC/C=C\C/C=C\CCCCCCCCC1(CCCCCCCC/C=C\C/C=C\CCCCC)OC[C@H](CN(CCCCCC(=O)OC)CCCCC(=O)OC)O1. The highest BCUT2D eigenvalue weighted by molar-refractivity contribution is 5.69. The fourth-order valence-corrected chi connectivity index (χ4v) is 8.03. The number of carbonyl (C=O) groups excluding carboxylic acids is 2. The van der Waals surface area contributed by atoms with E-state index in [4.69, 9.17) is 18.9 Å².